The molecule has 1 amide bonds. The number of nitrogens with one attached hydrogen (secondary N) is 1. The molecule has 30 heavy (non-hydrogen) atoms. The summed E-state index contributed by atoms with van der Waals surface area (Å²) in [6.45, 7) is 7.73. The van der Waals surface area contributed by atoms with E-state index in [-0.39, 0.29) is 6.04 Å². The minimum Gasteiger partial charge on any atom is -0.491 e. The molecule has 1 aromatic carbocycles. The highest BCUT2D eigenvalue weighted by Gasteiger charge is 2.27. The lowest BCUT2D eigenvalue weighted by Gasteiger charge is -2.36. The van der Waals surface area contributed by atoms with E-state index in [9.17, 15) is 9.59 Å². The van der Waals surface area contributed by atoms with Crippen LogP contribution in [0, 0.1) is 5.92 Å². The quantitative estimate of drug-likeness (QED) is 0.665. The summed E-state index contributed by atoms with van der Waals surface area (Å²) in [4.78, 5) is 26.1. The van der Waals surface area contributed by atoms with E-state index in [1.807, 2.05) is 39.0 Å². The molecule has 1 aliphatic carbocycles. The van der Waals surface area contributed by atoms with Crippen molar-refractivity contribution in [3.05, 3.63) is 23.8 Å². The number of para-hydroxylation sites is 1. The first kappa shape index (κ1) is 22.4. The molecule has 6 heteroatoms. The minimum atomic E-state index is -0.525. The zero-order chi connectivity index (χ0) is 21.6. The molecular weight excluding hydrogens is 380 g/mol. The van der Waals surface area contributed by atoms with Crippen molar-refractivity contribution >= 4 is 18.1 Å². The van der Waals surface area contributed by atoms with Crippen molar-refractivity contribution in [2.75, 3.05) is 24.6 Å². The predicted octanol–water partition coefficient (Wildman–Crippen LogP) is 4.95. The standard InChI is InChI=1S/C24H36N2O4/c1-24(2,3)30-23(28)25-20-12-8-14-26(15-20)22-19(16-27)11-7-13-21(22)29-17-18-9-5-4-6-10-18/h7,11,13,16,18,20H,4-6,8-10,12,14-15,17H2,1-3H3,(H,25,28)/t20-/m1/s1. The number of hydrogen-bond acceptors (Lipinski definition) is 5. The van der Waals surface area contributed by atoms with E-state index in [1.54, 1.807) is 0 Å². The van der Waals surface area contributed by atoms with Gasteiger partial charge in [0, 0.05) is 24.7 Å². The van der Waals surface area contributed by atoms with Crippen molar-refractivity contribution in [1.29, 1.82) is 0 Å². The molecule has 3 rings (SSSR count). The van der Waals surface area contributed by atoms with Crippen LogP contribution in [0.1, 0.15) is 76.1 Å². The Bertz CT molecular complexity index is 722. The Morgan fingerprint density at radius 2 is 1.93 bits per heavy atom. The van der Waals surface area contributed by atoms with E-state index in [2.05, 4.69) is 10.2 Å². The van der Waals surface area contributed by atoms with Crippen LogP contribution in [-0.4, -0.2) is 43.7 Å². The number of rotatable bonds is 6. The normalized spacial score (nSPS) is 20.5. The summed E-state index contributed by atoms with van der Waals surface area (Å²) >= 11 is 0. The van der Waals surface area contributed by atoms with Crippen molar-refractivity contribution in [2.45, 2.75) is 77.4 Å². The summed E-state index contributed by atoms with van der Waals surface area (Å²) in [5.41, 5.74) is 0.955. The number of benzene rings is 1. The fourth-order valence-corrected chi connectivity index (χ4v) is 4.42. The molecule has 2 fully saturated rings. The van der Waals surface area contributed by atoms with Gasteiger partial charge >= 0.3 is 6.09 Å². The summed E-state index contributed by atoms with van der Waals surface area (Å²) < 4.78 is 11.6. The van der Waals surface area contributed by atoms with Crippen LogP contribution in [0.3, 0.4) is 0 Å². The van der Waals surface area contributed by atoms with Gasteiger partial charge in [0.2, 0.25) is 0 Å². The Labute approximate surface area is 180 Å². The molecule has 2 aliphatic rings. The van der Waals surface area contributed by atoms with Crippen molar-refractivity contribution < 1.29 is 19.1 Å². The third-order valence-corrected chi connectivity index (χ3v) is 5.81. The van der Waals surface area contributed by atoms with Gasteiger partial charge in [-0.1, -0.05) is 25.3 Å². The lowest BCUT2D eigenvalue weighted by atomic mass is 9.90. The first-order valence-corrected chi connectivity index (χ1v) is 11.3. The fourth-order valence-electron chi connectivity index (χ4n) is 4.42. The number of carbonyl (C=O) groups excluding carboxylic acids is 2. The van der Waals surface area contributed by atoms with Gasteiger partial charge < -0.3 is 19.7 Å². The van der Waals surface area contributed by atoms with Crippen molar-refractivity contribution in [3.8, 4) is 5.75 Å². The van der Waals surface area contributed by atoms with Gasteiger partial charge in [-0.15, -0.1) is 0 Å². The second-order valence-corrected chi connectivity index (χ2v) is 9.56. The number of carbonyl (C=O) groups is 2. The van der Waals surface area contributed by atoms with Crippen LogP contribution in [0.4, 0.5) is 10.5 Å². The van der Waals surface area contributed by atoms with Crippen LogP contribution in [0.15, 0.2) is 18.2 Å². The molecular formula is C24H36N2O4. The summed E-state index contributed by atoms with van der Waals surface area (Å²) in [6, 6.07) is 5.64. The molecule has 6 nitrogen and oxygen atoms in total. The zero-order valence-corrected chi connectivity index (χ0v) is 18.6. The molecule has 1 saturated heterocycles. The van der Waals surface area contributed by atoms with Crippen LogP contribution in [0.25, 0.3) is 0 Å². The third kappa shape index (κ3) is 6.38. The first-order chi connectivity index (χ1) is 14.4. The third-order valence-electron chi connectivity index (χ3n) is 5.81. The highest BCUT2D eigenvalue weighted by atomic mass is 16.6. The lowest BCUT2D eigenvalue weighted by Crippen LogP contribution is -2.49. The molecule has 166 valence electrons. The molecule has 1 atom stereocenters. The van der Waals surface area contributed by atoms with E-state index < -0.39 is 11.7 Å². The summed E-state index contributed by atoms with van der Waals surface area (Å²) in [5, 5.41) is 2.98. The average molecular weight is 417 g/mol. The summed E-state index contributed by atoms with van der Waals surface area (Å²) in [6.07, 6.45) is 8.62. The SMILES string of the molecule is CC(C)(C)OC(=O)N[C@@H]1CCCN(c2c(C=O)cccc2OCC2CCCCC2)C1. The van der Waals surface area contributed by atoms with Gasteiger partial charge in [0.05, 0.1) is 12.3 Å². The highest BCUT2D eigenvalue weighted by molar-refractivity contribution is 5.87. The smallest absolute Gasteiger partial charge is 0.407 e. The van der Waals surface area contributed by atoms with Crippen molar-refractivity contribution in [2.24, 2.45) is 5.92 Å². The van der Waals surface area contributed by atoms with Crippen LogP contribution < -0.4 is 15.0 Å². The molecule has 0 radical (unpaired) electrons. The van der Waals surface area contributed by atoms with E-state index >= 15 is 0 Å². The Balaban J connectivity index is 1.69. The molecule has 0 bridgehead atoms. The predicted molar refractivity (Wildman–Crippen MR) is 119 cm³/mol. The van der Waals surface area contributed by atoms with Gasteiger partial charge in [0.1, 0.15) is 11.4 Å². The monoisotopic (exact) mass is 416 g/mol. The maximum atomic E-state index is 12.2. The molecule has 0 aromatic heterocycles. The van der Waals surface area contributed by atoms with E-state index in [0.717, 1.165) is 37.1 Å². The van der Waals surface area contributed by atoms with Gasteiger partial charge in [-0.25, -0.2) is 4.79 Å². The largest absolute Gasteiger partial charge is 0.491 e. The van der Waals surface area contributed by atoms with Gasteiger partial charge in [0.15, 0.2) is 6.29 Å². The molecule has 1 aromatic rings. The van der Waals surface area contributed by atoms with E-state index in [4.69, 9.17) is 9.47 Å². The topological polar surface area (TPSA) is 67.9 Å². The molecule has 1 N–H and O–H groups in total. The molecule has 1 aliphatic heterocycles. The Hall–Kier alpha value is -2.24. The number of aldehydes is 1. The number of ether oxygens (including phenoxy) is 2. The van der Waals surface area contributed by atoms with Gasteiger partial charge in [-0.2, -0.15) is 0 Å². The van der Waals surface area contributed by atoms with E-state index in [1.165, 1.54) is 32.1 Å². The molecule has 1 heterocycles. The van der Waals surface area contributed by atoms with Gasteiger partial charge in [0.25, 0.3) is 0 Å². The zero-order valence-electron chi connectivity index (χ0n) is 18.6. The van der Waals surface area contributed by atoms with Gasteiger partial charge in [-0.3, -0.25) is 4.79 Å². The lowest BCUT2D eigenvalue weighted by molar-refractivity contribution is 0.0499. The average Bonchev–Trinajstić information content (AvgIpc) is 2.71. The maximum Gasteiger partial charge on any atom is 0.407 e. The van der Waals surface area contributed by atoms with Gasteiger partial charge in [-0.05, 0) is 64.5 Å². The summed E-state index contributed by atoms with van der Waals surface area (Å²) in [5.74, 6) is 1.36. The Morgan fingerprint density at radius 3 is 2.63 bits per heavy atom. The Morgan fingerprint density at radius 1 is 1.17 bits per heavy atom. The van der Waals surface area contributed by atoms with E-state index in [0.29, 0.717) is 24.6 Å². The second-order valence-electron chi connectivity index (χ2n) is 9.56. The molecule has 0 unspecified atom stereocenters. The molecule has 0 spiro atoms. The second kappa shape index (κ2) is 10.2. The van der Waals surface area contributed by atoms with Crippen molar-refractivity contribution in [3.63, 3.8) is 0 Å². The minimum absolute atomic E-state index is 0.0282. The number of hydrogen-bond donors (Lipinski definition) is 1. The van der Waals surface area contributed by atoms with Crippen LogP contribution in [0.2, 0.25) is 0 Å². The van der Waals surface area contributed by atoms with Crippen LogP contribution in [-0.2, 0) is 4.74 Å². The van der Waals surface area contributed by atoms with Crippen LogP contribution >= 0.6 is 0 Å². The summed E-state index contributed by atoms with van der Waals surface area (Å²) in [7, 11) is 0. The van der Waals surface area contributed by atoms with Crippen molar-refractivity contribution in [1.82, 2.24) is 5.32 Å². The number of amides is 1. The molecule has 1 saturated carbocycles. The van der Waals surface area contributed by atoms with Crippen LogP contribution in [0.5, 0.6) is 5.75 Å². The Kier molecular flexibility index (Phi) is 7.62. The number of alkyl carbamates (subject to hydrolysis) is 1. The maximum absolute atomic E-state index is 12.2. The fraction of sp³-hybridized carbons (Fsp3) is 0.667. The number of anilines is 1. The highest BCUT2D eigenvalue weighted by Crippen LogP contribution is 2.35. The first-order valence-electron chi connectivity index (χ1n) is 11.3. The number of nitrogens with zero attached hydrogens (tertiary/aromatic N) is 1. The number of piperidine rings is 1.